The summed E-state index contributed by atoms with van der Waals surface area (Å²) >= 11 is 0. The zero-order chi connectivity index (χ0) is 21.4. The lowest BCUT2D eigenvalue weighted by atomic mass is 10.0. The molecule has 158 valence electrons. The predicted molar refractivity (Wildman–Crippen MR) is 87.1 cm³/mol. The van der Waals surface area contributed by atoms with Crippen LogP contribution >= 0.6 is 0 Å². The zero-order valence-electron chi connectivity index (χ0n) is 14.5. The molecular weight excluding hydrogens is 408 g/mol. The van der Waals surface area contributed by atoms with E-state index in [2.05, 4.69) is 9.97 Å². The Hall–Kier alpha value is -2.60. The molecule has 3 heterocycles. The second-order valence-corrected chi connectivity index (χ2v) is 6.38. The fourth-order valence-corrected chi connectivity index (χ4v) is 2.81. The second-order valence-electron chi connectivity index (χ2n) is 6.38. The van der Waals surface area contributed by atoms with Crippen LogP contribution in [0.3, 0.4) is 0 Å². The fourth-order valence-electron chi connectivity index (χ4n) is 2.81. The summed E-state index contributed by atoms with van der Waals surface area (Å²) in [6.45, 7) is -0.302. The third kappa shape index (κ3) is 4.88. The number of hydrogen-bond donors (Lipinski definition) is 2. The maximum absolute atomic E-state index is 12.8. The standard InChI is InChI=1S/C17H15F6N3O3/c18-16(19,20)9-4-5-13(24-6-9)26-7-10(27)15(28)11(8-26)29-14-3-1-2-12(25-14)17(21,22)23/h1-6,10-11,15,27-28H,7-8H2/t10-,11-,15-/m0/s1. The average Bonchev–Trinajstić information content (AvgIpc) is 2.64. The Morgan fingerprint density at radius 1 is 0.966 bits per heavy atom. The molecule has 6 nitrogen and oxygen atoms in total. The Labute approximate surface area is 160 Å². The van der Waals surface area contributed by atoms with Crippen LogP contribution in [0.2, 0.25) is 0 Å². The number of hydrogen-bond acceptors (Lipinski definition) is 6. The Morgan fingerprint density at radius 2 is 1.69 bits per heavy atom. The minimum atomic E-state index is -4.69. The van der Waals surface area contributed by atoms with Gasteiger partial charge >= 0.3 is 12.4 Å². The molecule has 2 aromatic rings. The summed E-state index contributed by atoms with van der Waals surface area (Å²) in [4.78, 5) is 8.40. The number of piperidine rings is 1. The molecule has 0 saturated carbocycles. The van der Waals surface area contributed by atoms with Crippen LogP contribution in [0.1, 0.15) is 11.3 Å². The highest BCUT2D eigenvalue weighted by molar-refractivity contribution is 5.41. The normalized spacial score (nSPS) is 23.2. The molecule has 1 fully saturated rings. The summed E-state index contributed by atoms with van der Waals surface area (Å²) in [7, 11) is 0. The Balaban J connectivity index is 1.78. The van der Waals surface area contributed by atoms with E-state index in [0.717, 1.165) is 30.3 Å². The highest BCUT2D eigenvalue weighted by atomic mass is 19.4. The molecule has 0 spiro atoms. The van der Waals surface area contributed by atoms with E-state index >= 15 is 0 Å². The van der Waals surface area contributed by atoms with Gasteiger partial charge in [-0.2, -0.15) is 26.3 Å². The molecule has 1 aliphatic heterocycles. The first-order valence-electron chi connectivity index (χ1n) is 8.30. The van der Waals surface area contributed by atoms with Crippen molar-refractivity contribution in [2.45, 2.75) is 30.7 Å². The third-order valence-corrected chi connectivity index (χ3v) is 4.27. The molecule has 0 bridgehead atoms. The van der Waals surface area contributed by atoms with Crippen molar-refractivity contribution in [2.24, 2.45) is 0 Å². The average molecular weight is 423 g/mol. The number of aliphatic hydroxyl groups excluding tert-OH is 2. The van der Waals surface area contributed by atoms with Crippen LogP contribution in [-0.2, 0) is 12.4 Å². The van der Waals surface area contributed by atoms with Gasteiger partial charge in [-0.25, -0.2) is 9.97 Å². The zero-order valence-corrected chi connectivity index (χ0v) is 14.5. The van der Waals surface area contributed by atoms with Crippen LogP contribution in [0.15, 0.2) is 36.5 Å². The molecule has 0 aliphatic carbocycles. The maximum Gasteiger partial charge on any atom is 0.433 e. The van der Waals surface area contributed by atoms with Gasteiger partial charge in [0.25, 0.3) is 0 Å². The SMILES string of the molecule is O[C@@H]1[C@@H](Oc2cccc(C(F)(F)F)n2)CN(c2ccc(C(F)(F)F)cn2)C[C@@H]1O. The van der Waals surface area contributed by atoms with E-state index in [1.165, 1.54) is 4.90 Å². The van der Waals surface area contributed by atoms with Gasteiger partial charge in [0.05, 0.1) is 12.1 Å². The van der Waals surface area contributed by atoms with Gasteiger partial charge in [-0.15, -0.1) is 0 Å². The van der Waals surface area contributed by atoms with E-state index in [4.69, 9.17) is 4.74 Å². The summed E-state index contributed by atoms with van der Waals surface area (Å²) in [6, 6.07) is 4.88. The second kappa shape index (κ2) is 7.67. The summed E-state index contributed by atoms with van der Waals surface area (Å²) in [5.74, 6) is -0.340. The van der Waals surface area contributed by atoms with E-state index in [0.29, 0.717) is 6.20 Å². The lowest BCUT2D eigenvalue weighted by molar-refractivity contribution is -0.141. The number of alkyl halides is 6. The molecule has 2 aromatic heterocycles. The largest absolute Gasteiger partial charge is 0.470 e. The van der Waals surface area contributed by atoms with E-state index < -0.39 is 47.8 Å². The van der Waals surface area contributed by atoms with Gasteiger partial charge < -0.3 is 19.8 Å². The van der Waals surface area contributed by atoms with Gasteiger partial charge in [0, 0.05) is 18.8 Å². The summed E-state index contributed by atoms with van der Waals surface area (Å²) in [5.41, 5.74) is -2.15. The lowest BCUT2D eigenvalue weighted by Gasteiger charge is -2.39. The van der Waals surface area contributed by atoms with Crippen LogP contribution in [0, 0.1) is 0 Å². The molecule has 0 aromatic carbocycles. The number of anilines is 1. The molecule has 3 atom stereocenters. The summed E-state index contributed by atoms with van der Waals surface area (Å²) in [6.07, 6.45) is -12.7. The van der Waals surface area contributed by atoms with Crippen molar-refractivity contribution >= 4 is 5.82 Å². The monoisotopic (exact) mass is 423 g/mol. The van der Waals surface area contributed by atoms with Crippen molar-refractivity contribution in [2.75, 3.05) is 18.0 Å². The van der Waals surface area contributed by atoms with E-state index in [1.807, 2.05) is 0 Å². The number of β-amino-alcohol motifs (C(OH)–C–C–N with tert-alkyl or cyclic N) is 1. The number of nitrogens with zero attached hydrogens (tertiary/aromatic N) is 3. The molecule has 3 rings (SSSR count). The summed E-state index contributed by atoms with van der Waals surface area (Å²) in [5, 5.41) is 20.2. The molecule has 2 N–H and O–H groups in total. The first-order chi connectivity index (χ1) is 13.4. The number of aromatic nitrogens is 2. The van der Waals surface area contributed by atoms with Crippen LogP contribution in [0.4, 0.5) is 32.2 Å². The van der Waals surface area contributed by atoms with Gasteiger partial charge in [0.15, 0.2) is 0 Å². The van der Waals surface area contributed by atoms with Gasteiger partial charge in [-0.3, -0.25) is 0 Å². The molecule has 1 aliphatic rings. The first kappa shape index (κ1) is 21.1. The summed E-state index contributed by atoms with van der Waals surface area (Å²) < 4.78 is 81.7. The number of rotatable bonds is 3. The van der Waals surface area contributed by atoms with Crippen molar-refractivity contribution in [1.29, 1.82) is 0 Å². The van der Waals surface area contributed by atoms with Crippen LogP contribution < -0.4 is 9.64 Å². The van der Waals surface area contributed by atoms with Gasteiger partial charge in [-0.1, -0.05) is 6.07 Å². The molecule has 12 heteroatoms. The topological polar surface area (TPSA) is 78.7 Å². The number of halogens is 6. The highest BCUT2D eigenvalue weighted by Crippen LogP contribution is 2.31. The molecular formula is C17H15F6N3O3. The number of ether oxygens (including phenoxy) is 1. The fraction of sp³-hybridized carbons (Fsp3) is 0.412. The molecule has 1 saturated heterocycles. The van der Waals surface area contributed by atoms with E-state index in [-0.39, 0.29) is 18.9 Å². The Kier molecular flexibility index (Phi) is 5.59. The highest BCUT2D eigenvalue weighted by Gasteiger charge is 2.38. The lowest BCUT2D eigenvalue weighted by Crippen LogP contribution is -2.57. The van der Waals surface area contributed by atoms with Gasteiger partial charge in [-0.05, 0) is 18.2 Å². The number of aliphatic hydroxyl groups is 2. The first-order valence-corrected chi connectivity index (χ1v) is 8.30. The van der Waals surface area contributed by atoms with Gasteiger partial charge in [0.1, 0.15) is 29.8 Å². The molecule has 0 unspecified atom stereocenters. The van der Waals surface area contributed by atoms with Crippen molar-refractivity contribution in [3.05, 3.63) is 47.8 Å². The minimum absolute atomic E-state index is 0.0783. The molecule has 29 heavy (non-hydrogen) atoms. The van der Waals surface area contributed by atoms with Crippen LogP contribution in [0.5, 0.6) is 5.88 Å². The van der Waals surface area contributed by atoms with Crippen LogP contribution in [0.25, 0.3) is 0 Å². The van der Waals surface area contributed by atoms with E-state index in [9.17, 15) is 36.6 Å². The van der Waals surface area contributed by atoms with Crippen LogP contribution in [-0.4, -0.2) is 51.6 Å². The number of pyridine rings is 2. The van der Waals surface area contributed by atoms with Crippen molar-refractivity contribution in [3.63, 3.8) is 0 Å². The van der Waals surface area contributed by atoms with Gasteiger partial charge in [0.2, 0.25) is 5.88 Å². The smallest absolute Gasteiger partial charge is 0.433 e. The van der Waals surface area contributed by atoms with Crippen molar-refractivity contribution < 1.29 is 41.3 Å². The molecule has 0 radical (unpaired) electrons. The van der Waals surface area contributed by atoms with E-state index in [1.54, 1.807) is 0 Å². The Morgan fingerprint density at radius 3 is 2.28 bits per heavy atom. The third-order valence-electron chi connectivity index (χ3n) is 4.27. The maximum atomic E-state index is 12.8. The molecule has 0 amide bonds. The van der Waals surface area contributed by atoms with Crippen molar-refractivity contribution in [3.8, 4) is 5.88 Å². The van der Waals surface area contributed by atoms with Crippen molar-refractivity contribution in [1.82, 2.24) is 9.97 Å². The minimum Gasteiger partial charge on any atom is -0.470 e. The Bertz CT molecular complexity index is 844. The predicted octanol–water partition coefficient (Wildman–Crippen LogP) is 2.50. The quantitative estimate of drug-likeness (QED) is 0.739.